The van der Waals surface area contributed by atoms with E-state index in [1.807, 2.05) is 0 Å². The van der Waals surface area contributed by atoms with Gasteiger partial charge in [-0.3, -0.25) is 4.79 Å². The van der Waals surface area contributed by atoms with Crippen LogP contribution in [0, 0.1) is 0 Å². The third-order valence-electron chi connectivity index (χ3n) is 1.74. The highest BCUT2D eigenvalue weighted by molar-refractivity contribution is 5.86. The lowest BCUT2D eigenvalue weighted by Crippen LogP contribution is -2.56. The van der Waals surface area contributed by atoms with Crippen LogP contribution in [0.5, 0.6) is 0 Å². The Morgan fingerprint density at radius 1 is 0.778 bits per heavy atom. The van der Waals surface area contributed by atoms with Crippen molar-refractivity contribution in [3.8, 4) is 0 Å². The summed E-state index contributed by atoms with van der Waals surface area (Å²) in [5.74, 6) is -16.1. The predicted octanol–water partition coefficient (Wildman–Crippen LogP) is 3.73. The van der Waals surface area contributed by atoms with E-state index in [4.69, 9.17) is 0 Å². The summed E-state index contributed by atoms with van der Waals surface area (Å²) >= 11 is 0. The number of ketones is 1. The summed E-state index contributed by atoms with van der Waals surface area (Å²) < 4.78 is 119. The first-order valence-electron chi connectivity index (χ1n) is 4.05. The van der Waals surface area contributed by atoms with Crippen LogP contribution in [0.3, 0.4) is 0 Å². The Bertz CT molecular complexity index is 311. The minimum absolute atomic E-state index is 2.16. The van der Waals surface area contributed by atoms with Crippen LogP contribution in [0.15, 0.2) is 0 Å². The first-order chi connectivity index (χ1) is 7.63. The van der Waals surface area contributed by atoms with E-state index in [0.29, 0.717) is 0 Å². The Hall–Kier alpha value is -1.03. The lowest BCUT2D eigenvalue weighted by molar-refractivity contribution is -0.343. The predicted molar refractivity (Wildman–Crippen MR) is 36.2 cm³/mol. The molecule has 0 heterocycles. The number of halogens is 10. The normalized spacial score (nSPS) is 14.8. The maximum Gasteiger partial charge on any atom is 0.460 e. The van der Waals surface area contributed by atoms with Crippen LogP contribution in [-0.4, -0.2) is 30.0 Å². The number of rotatable bonds is 4. The molecular weight excluding hydrogens is 290 g/mol. The quantitative estimate of drug-likeness (QED) is 0.722. The summed E-state index contributed by atoms with van der Waals surface area (Å²) in [5, 5.41) is 0. The van der Waals surface area contributed by atoms with Gasteiger partial charge in [0.25, 0.3) is 0 Å². The molecule has 0 aliphatic carbocycles. The fourth-order valence-corrected chi connectivity index (χ4v) is 0.765. The van der Waals surface area contributed by atoms with Crippen molar-refractivity contribution in [3.63, 3.8) is 0 Å². The molecule has 0 saturated carbocycles. The molecule has 18 heavy (non-hydrogen) atoms. The van der Waals surface area contributed by atoms with E-state index in [-0.39, 0.29) is 0 Å². The minimum atomic E-state index is -6.75. The molecule has 0 amide bonds. The summed E-state index contributed by atoms with van der Waals surface area (Å²) in [6, 6.07) is 0. The molecule has 0 rings (SSSR count). The fourth-order valence-electron chi connectivity index (χ4n) is 0.765. The molecule has 0 bridgehead atoms. The first-order valence-corrected chi connectivity index (χ1v) is 4.05. The summed E-state index contributed by atoms with van der Waals surface area (Å²) in [5.41, 5.74) is 0. The zero-order valence-electron chi connectivity index (χ0n) is 8.10. The topological polar surface area (TPSA) is 17.1 Å². The SMILES string of the molecule is O=C(CCC(F)(F)F)C(F)(F)C(F)(F)C(F)(F)F. The van der Waals surface area contributed by atoms with Crippen LogP contribution in [0.1, 0.15) is 12.8 Å². The number of hydrogen-bond acceptors (Lipinski definition) is 1. The Balaban J connectivity index is 4.99. The van der Waals surface area contributed by atoms with E-state index in [0.717, 1.165) is 0 Å². The van der Waals surface area contributed by atoms with Gasteiger partial charge in [0.1, 0.15) is 0 Å². The van der Waals surface area contributed by atoms with Crippen molar-refractivity contribution < 1.29 is 48.7 Å². The van der Waals surface area contributed by atoms with Crippen molar-refractivity contribution in [1.29, 1.82) is 0 Å². The van der Waals surface area contributed by atoms with Gasteiger partial charge in [-0.05, 0) is 0 Å². The number of carbonyl (C=O) groups is 1. The third kappa shape index (κ3) is 3.48. The fraction of sp³-hybridized carbons (Fsp3) is 0.857. The number of alkyl halides is 10. The first kappa shape index (κ1) is 17.0. The molecule has 0 saturated heterocycles. The molecule has 0 aromatic carbocycles. The second-order valence-electron chi connectivity index (χ2n) is 3.18. The molecule has 0 unspecified atom stereocenters. The average molecular weight is 294 g/mol. The third-order valence-corrected chi connectivity index (χ3v) is 1.74. The van der Waals surface area contributed by atoms with E-state index in [1.165, 1.54) is 0 Å². The van der Waals surface area contributed by atoms with E-state index < -0.39 is 42.8 Å². The van der Waals surface area contributed by atoms with Gasteiger partial charge in [-0.25, -0.2) is 0 Å². The summed E-state index contributed by atoms with van der Waals surface area (Å²) in [6.07, 6.45) is -16.2. The lowest BCUT2D eigenvalue weighted by Gasteiger charge is -2.27. The van der Waals surface area contributed by atoms with Crippen molar-refractivity contribution >= 4 is 5.78 Å². The van der Waals surface area contributed by atoms with Gasteiger partial charge in [0, 0.05) is 6.42 Å². The smallest absolute Gasteiger partial charge is 0.293 e. The Labute approximate surface area is 92.7 Å². The van der Waals surface area contributed by atoms with Crippen LogP contribution in [0.2, 0.25) is 0 Å². The average Bonchev–Trinajstić information content (AvgIpc) is 2.10. The molecule has 11 heteroatoms. The molecule has 108 valence electrons. The molecule has 1 nitrogen and oxygen atoms in total. The van der Waals surface area contributed by atoms with Crippen molar-refractivity contribution in [2.75, 3.05) is 0 Å². The monoisotopic (exact) mass is 294 g/mol. The van der Waals surface area contributed by atoms with Gasteiger partial charge in [-0.15, -0.1) is 0 Å². The molecular formula is C7H4F10O. The molecule has 0 radical (unpaired) electrons. The number of Topliss-reactive ketones (excluding diaryl/α,β-unsaturated/α-hetero) is 1. The van der Waals surface area contributed by atoms with Gasteiger partial charge < -0.3 is 0 Å². The van der Waals surface area contributed by atoms with Crippen LogP contribution in [0.25, 0.3) is 0 Å². The van der Waals surface area contributed by atoms with Crippen LogP contribution < -0.4 is 0 Å². The molecule has 0 aromatic heterocycles. The van der Waals surface area contributed by atoms with Gasteiger partial charge in [-0.2, -0.15) is 43.9 Å². The van der Waals surface area contributed by atoms with Crippen molar-refractivity contribution in [3.05, 3.63) is 0 Å². The number of hydrogen-bond donors (Lipinski definition) is 0. The van der Waals surface area contributed by atoms with Crippen molar-refractivity contribution in [2.45, 2.75) is 37.0 Å². The number of carbonyl (C=O) groups excluding carboxylic acids is 1. The molecule has 0 N–H and O–H groups in total. The Kier molecular flexibility index (Phi) is 4.31. The van der Waals surface area contributed by atoms with Crippen LogP contribution >= 0.6 is 0 Å². The van der Waals surface area contributed by atoms with E-state index in [9.17, 15) is 48.7 Å². The minimum Gasteiger partial charge on any atom is -0.293 e. The lowest BCUT2D eigenvalue weighted by atomic mass is 10.0. The van der Waals surface area contributed by atoms with Gasteiger partial charge in [0.05, 0.1) is 6.42 Å². The van der Waals surface area contributed by atoms with Crippen LogP contribution in [0.4, 0.5) is 43.9 Å². The molecule has 0 aliphatic heterocycles. The molecule has 0 atom stereocenters. The van der Waals surface area contributed by atoms with Gasteiger partial charge in [-0.1, -0.05) is 0 Å². The zero-order chi connectivity index (χ0) is 15.0. The second kappa shape index (κ2) is 4.57. The van der Waals surface area contributed by atoms with E-state index >= 15 is 0 Å². The second-order valence-corrected chi connectivity index (χ2v) is 3.18. The van der Waals surface area contributed by atoms with Gasteiger partial charge >= 0.3 is 24.2 Å². The Morgan fingerprint density at radius 2 is 1.17 bits per heavy atom. The zero-order valence-corrected chi connectivity index (χ0v) is 8.10. The van der Waals surface area contributed by atoms with Crippen LogP contribution in [-0.2, 0) is 4.79 Å². The van der Waals surface area contributed by atoms with Crippen molar-refractivity contribution in [1.82, 2.24) is 0 Å². The van der Waals surface area contributed by atoms with Crippen molar-refractivity contribution in [2.24, 2.45) is 0 Å². The standard InChI is InChI=1S/C7H4F10O/c8-4(9,10)2-1-3(18)5(11,12)6(13,14)7(15,16)17/h1-2H2. The summed E-state index contributed by atoms with van der Waals surface area (Å²) in [6.45, 7) is 0. The highest BCUT2D eigenvalue weighted by atomic mass is 19.4. The maximum atomic E-state index is 12.5. The highest BCUT2D eigenvalue weighted by Crippen LogP contribution is 2.47. The Morgan fingerprint density at radius 3 is 1.44 bits per heavy atom. The molecule has 0 spiro atoms. The highest BCUT2D eigenvalue weighted by Gasteiger charge is 2.75. The summed E-state index contributed by atoms with van der Waals surface area (Å²) in [4.78, 5) is 10.4. The van der Waals surface area contributed by atoms with Gasteiger partial charge in [0.2, 0.25) is 5.78 Å². The molecule has 0 aromatic rings. The molecule has 0 aliphatic rings. The summed E-state index contributed by atoms with van der Waals surface area (Å²) in [7, 11) is 0. The van der Waals surface area contributed by atoms with Gasteiger partial charge in [0.15, 0.2) is 0 Å². The van der Waals surface area contributed by atoms with E-state index in [1.54, 1.807) is 0 Å². The maximum absolute atomic E-state index is 12.5. The largest absolute Gasteiger partial charge is 0.460 e. The van der Waals surface area contributed by atoms with E-state index in [2.05, 4.69) is 0 Å². The molecule has 0 fully saturated rings.